The van der Waals surface area contributed by atoms with Crippen molar-refractivity contribution >= 4 is 0 Å². The fourth-order valence-corrected chi connectivity index (χ4v) is 4.71. The third-order valence-electron chi connectivity index (χ3n) is 7.51. The molecule has 9 nitrogen and oxygen atoms in total. The van der Waals surface area contributed by atoms with Gasteiger partial charge in [-0.25, -0.2) is 0 Å². The molecule has 0 aromatic heterocycles. The van der Waals surface area contributed by atoms with Crippen molar-refractivity contribution in [3.8, 4) is 0 Å². The standard InChI is InChI=1S/C37H76O9/c1-3-5-7-8-9-10-11-12-13-14-15-16-17-19-21-39-23-25-41-27-29-43-31-33-45-35-37-46-36-34-44-32-30-42-28-26-40-24-22-38-20-18-6-4-2/h3-37H2,1-2H3. The van der Waals surface area contributed by atoms with Gasteiger partial charge < -0.3 is 42.6 Å². The van der Waals surface area contributed by atoms with Crippen LogP contribution in [0.5, 0.6) is 0 Å². The maximum Gasteiger partial charge on any atom is 0.0701 e. The van der Waals surface area contributed by atoms with Gasteiger partial charge in [0.05, 0.1) is 106 Å². The minimum atomic E-state index is 0.543. The Kier molecular flexibility index (Phi) is 44.3. The van der Waals surface area contributed by atoms with Crippen LogP contribution in [0.4, 0.5) is 0 Å². The molecule has 0 aromatic rings. The lowest BCUT2D eigenvalue weighted by atomic mass is 10.0. The van der Waals surface area contributed by atoms with Crippen molar-refractivity contribution in [2.45, 2.75) is 123 Å². The highest BCUT2D eigenvalue weighted by molar-refractivity contribution is 4.49. The van der Waals surface area contributed by atoms with Crippen molar-refractivity contribution in [3.05, 3.63) is 0 Å². The predicted octanol–water partition coefficient (Wildman–Crippen LogP) is 7.81. The Bertz CT molecular complexity index is 469. The third-order valence-corrected chi connectivity index (χ3v) is 7.51. The normalized spacial score (nSPS) is 11.6. The summed E-state index contributed by atoms with van der Waals surface area (Å²) in [6, 6.07) is 0. The SMILES string of the molecule is CCCCCCCCCCCCCCCCOCCOCCOCCOCCOCCOCCOCCOCCOCCCCC. The quantitative estimate of drug-likeness (QED) is 0.0606. The maximum atomic E-state index is 5.68. The van der Waals surface area contributed by atoms with E-state index in [0.717, 1.165) is 26.1 Å². The molecule has 46 heavy (non-hydrogen) atoms. The molecule has 0 aliphatic heterocycles. The third kappa shape index (κ3) is 43.6. The van der Waals surface area contributed by atoms with Crippen LogP contribution in [0.2, 0.25) is 0 Å². The second-order valence-corrected chi connectivity index (χ2v) is 11.8. The Morgan fingerprint density at radius 1 is 0.174 bits per heavy atom. The summed E-state index contributed by atoms with van der Waals surface area (Å²) >= 11 is 0. The molecule has 0 atom stereocenters. The van der Waals surface area contributed by atoms with E-state index >= 15 is 0 Å². The zero-order valence-corrected chi connectivity index (χ0v) is 30.4. The molecule has 0 saturated carbocycles. The van der Waals surface area contributed by atoms with E-state index in [1.165, 1.54) is 96.3 Å². The predicted molar refractivity (Wildman–Crippen MR) is 187 cm³/mol. The number of ether oxygens (including phenoxy) is 9. The summed E-state index contributed by atoms with van der Waals surface area (Å²) < 4.78 is 49.7. The smallest absolute Gasteiger partial charge is 0.0701 e. The molecular formula is C37H76O9. The van der Waals surface area contributed by atoms with Gasteiger partial charge in [-0.05, 0) is 12.8 Å². The van der Waals surface area contributed by atoms with E-state index in [0.29, 0.717) is 106 Å². The molecule has 0 heterocycles. The lowest BCUT2D eigenvalue weighted by molar-refractivity contribution is -0.0250. The molecule has 0 fully saturated rings. The van der Waals surface area contributed by atoms with Crippen molar-refractivity contribution in [2.75, 3.05) is 119 Å². The van der Waals surface area contributed by atoms with Crippen LogP contribution >= 0.6 is 0 Å². The minimum Gasteiger partial charge on any atom is -0.379 e. The number of hydrogen-bond donors (Lipinski definition) is 0. The van der Waals surface area contributed by atoms with Gasteiger partial charge >= 0.3 is 0 Å². The van der Waals surface area contributed by atoms with Crippen molar-refractivity contribution in [1.82, 2.24) is 0 Å². The topological polar surface area (TPSA) is 83.1 Å². The molecule has 0 bridgehead atoms. The summed E-state index contributed by atoms with van der Waals surface area (Å²) in [5, 5.41) is 0. The number of unbranched alkanes of at least 4 members (excludes halogenated alkanes) is 15. The van der Waals surface area contributed by atoms with Crippen LogP contribution in [-0.4, -0.2) is 119 Å². The van der Waals surface area contributed by atoms with E-state index in [4.69, 9.17) is 42.6 Å². The van der Waals surface area contributed by atoms with E-state index < -0.39 is 0 Å². The van der Waals surface area contributed by atoms with Crippen LogP contribution in [0.15, 0.2) is 0 Å². The van der Waals surface area contributed by atoms with Crippen molar-refractivity contribution < 1.29 is 42.6 Å². The molecule has 0 unspecified atom stereocenters. The molecule has 9 heteroatoms. The van der Waals surface area contributed by atoms with Gasteiger partial charge in [-0.15, -0.1) is 0 Å². The lowest BCUT2D eigenvalue weighted by Gasteiger charge is -2.09. The molecule has 0 radical (unpaired) electrons. The summed E-state index contributed by atoms with van der Waals surface area (Å²) in [5.41, 5.74) is 0. The molecule has 0 spiro atoms. The molecule has 278 valence electrons. The second-order valence-electron chi connectivity index (χ2n) is 11.8. The van der Waals surface area contributed by atoms with Gasteiger partial charge in [0, 0.05) is 13.2 Å². The molecule has 0 N–H and O–H groups in total. The summed E-state index contributed by atoms with van der Waals surface area (Å²) in [7, 11) is 0. The van der Waals surface area contributed by atoms with Gasteiger partial charge in [0.1, 0.15) is 0 Å². The largest absolute Gasteiger partial charge is 0.379 e. The van der Waals surface area contributed by atoms with Gasteiger partial charge in [-0.2, -0.15) is 0 Å². The first-order chi connectivity index (χ1) is 22.9. The summed E-state index contributed by atoms with van der Waals surface area (Å²) in [6.07, 6.45) is 22.9. The summed E-state index contributed by atoms with van der Waals surface area (Å²) in [5.74, 6) is 0. The molecule has 0 aromatic carbocycles. The molecule has 0 amide bonds. The average Bonchev–Trinajstić information content (AvgIpc) is 3.07. The zero-order valence-electron chi connectivity index (χ0n) is 30.4. The Hall–Kier alpha value is -0.360. The Balaban J connectivity index is 3.03. The van der Waals surface area contributed by atoms with Crippen LogP contribution in [0, 0.1) is 0 Å². The highest BCUT2D eigenvalue weighted by Gasteiger charge is 1.97. The van der Waals surface area contributed by atoms with Gasteiger partial charge in [-0.3, -0.25) is 0 Å². The zero-order chi connectivity index (χ0) is 33.1. The molecule has 0 aliphatic carbocycles. The minimum absolute atomic E-state index is 0.543. The molecule has 0 rings (SSSR count). The lowest BCUT2D eigenvalue weighted by Crippen LogP contribution is -2.15. The molecule has 0 saturated heterocycles. The Morgan fingerprint density at radius 2 is 0.326 bits per heavy atom. The first-order valence-corrected chi connectivity index (χ1v) is 19.1. The number of rotatable bonds is 43. The maximum absolute atomic E-state index is 5.68. The summed E-state index contributed by atoms with van der Waals surface area (Å²) in [4.78, 5) is 0. The van der Waals surface area contributed by atoms with Gasteiger partial charge in [0.25, 0.3) is 0 Å². The van der Waals surface area contributed by atoms with Crippen molar-refractivity contribution in [1.29, 1.82) is 0 Å². The van der Waals surface area contributed by atoms with Gasteiger partial charge in [-0.1, -0.05) is 110 Å². The van der Waals surface area contributed by atoms with E-state index in [2.05, 4.69) is 13.8 Å². The van der Waals surface area contributed by atoms with Crippen LogP contribution in [0.1, 0.15) is 123 Å². The van der Waals surface area contributed by atoms with Gasteiger partial charge in [0.15, 0.2) is 0 Å². The first kappa shape index (κ1) is 45.6. The summed E-state index contributed by atoms with van der Waals surface area (Å²) in [6.45, 7) is 15.4. The van der Waals surface area contributed by atoms with Crippen molar-refractivity contribution in [2.24, 2.45) is 0 Å². The van der Waals surface area contributed by atoms with Gasteiger partial charge in [0.2, 0.25) is 0 Å². The average molecular weight is 665 g/mol. The Morgan fingerprint density at radius 3 is 0.565 bits per heavy atom. The fraction of sp³-hybridized carbons (Fsp3) is 1.00. The van der Waals surface area contributed by atoms with E-state index in [1.54, 1.807) is 0 Å². The highest BCUT2D eigenvalue weighted by Crippen LogP contribution is 2.13. The Labute approximate surface area is 284 Å². The van der Waals surface area contributed by atoms with E-state index in [1.807, 2.05) is 0 Å². The van der Waals surface area contributed by atoms with Crippen LogP contribution in [0.25, 0.3) is 0 Å². The number of hydrogen-bond acceptors (Lipinski definition) is 9. The molecular weight excluding hydrogens is 588 g/mol. The van der Waals surface area contributed by atoms with Crippen LogP contribution < -0.4 is 0 Å². The van der Waals surface area contributed by atoms with Crippen LogP contribution in [0.3, 0.4) is 0 Å². The van der Waals surface area contributed by atoms with Crippen molar-refractivity contribution in [3.63, 3.8) is 0 Å². The fourth-order valence-electron chi connectivity index (χ4n) is 4.71. The monoisotopic (exact) mass is 665 g/mol. The second kappa shape index (κ2) is 44.6. The van der Waals surface area contributed by atoms with Crippen LogP contribution in [-0.2, 0) is 42.6 Å². The molecule has 0 aliphatic rings. The highest BCUT2D eigenvalue weighted by atomic mass is 16.6. The van der Waals surface area contributed by atoms with E-state index in [-0.39, 0.29) is 0 Å². The first-order valence-electron chi connectivity index (χ1n) is 19.1. The van der Waals surface area contributed by atoms with E-state index in [9.17, 15) is 0 Å².